The third kappa shape index (κ3) is 3.94. The van der Waals surface area contributed by atoms with Gasteiger partial charge in [-0.1, -0.05) is 32.9 Å². The molecule has 2 rings (SSSR count). The van der Waals surface area contributed by atoms with Crippen LogP contribution in [-0.2, 0) is 0 Å². The zero-order chi connectivity index (χ0) is 14.0. The Morgan fingerprint density at radius 3 is 2.30 bits per heavy atom. The van der Waals surface area contributed by atoms with Gasteiger partial charge in [-0.15, -0.1) is 12.4 Å². The fourth-order valence-corrected chi connectivity index (χ4v) is 2.98. The molecule has 1 aromatic carbocycles. The first-order valence-corrected chi connectivity index (χ1v) is 7.10. The molecule has 1 aliphatic heterocycles. The smallest absolute Gasteiger partial charge is 0.126 e. The molecule has 0 aromatic heterocycles. The molecule has 0 spiro atoms. The molecule has 0 amide bonds. The molecule has 20 heavy (non-hydrogen) atoms. The Hall–Kier alpha value is -0.640. The van der Waals surface area contributed by atoms with Crippen molar-refractivity contribution in [3.63, 3.8) is 0 Å². The fourth-order valence-electron chi connectivity index (χ4n) is 2.98. The summed E-state index contributed by atoms with van der Waals surface area (Å²) < 4.78 is 13.9. The highest BCUT2D eigenvalue weighted by molar-refractivity contribution is 5.85. The molecule has 2 nitrogen and oxygen atoms in total. The fraction of sp³-hybridized carbons (Fsp3) is 0.625. The van der Waals surface area contributed by atoms with Gasteiger partial charge < -0.3 is 5.32 Å². The molecule has 1 atom stereocenters. The van der Waals surface area contributed by atoms with Gasteiger partial charge in [0.1, 0.15) is 5.82 Å². The lowest BCUT2D eigenvalue weighted by atomic mass is 9.80. The van der Waals surface area contributed by atoms with Crippen LogP contribution in [0.2, 0.25) is 0 Å². The third-order valence-electron chi connectivity index (χ3n) is 3.85. The van der Waals surface area contributed by atoms with Gasteiger partial charge in [0.25, 0.3) is 0 Å². The van der Waals surface area contributed by atoms with Crippen molar-refractivity contribution in [1.29, 1.82) is 0 Å². The van der Waals surface area contributed by atoms with E-state index in [1.165, 1.54) is 0 Å². The topological polar surface area (TPSA) is 15.3 Å². The zero-order valence-corrected chi connectivity index (χ0v) is 13.7. The van der Waals surface area contributed by atoms with E-state index < -0.39 is 0 Å². The molecular weight excluding hydrogens is 275 g/mol. The number of nitrogens with zero attached hydrogens (tertiary/aromatic N) is 1. The van der Waals surface area contributed by atoms with Crippen LogP contribution in [0.25, 0.3) is 0 Å². The number of rotatable bonds is 2. The van der Waals surface area contributed by atoms with Crippen LogP contribution in [0.3, 0.4) is 0 Å². The Morgan fingerprint density at radius 1 is 1.20 bits per heavy atom. The molecule has 0 radical (unpaired) electrons. The SMILES string of the molecule is Cc1ccc([C@H](N2CCNCC2)C(C)(C)C)cc1F.Cl. The molecule has 4 heteroatoms. The normalized spacial score (nSPS) is 18.4. The average molecular weight is 301 g/mol. The Kier molecular flexibility index (Phi) is 5.99. The van der Waals surface area contributed by atoms with Gasteiger partial charge in [0.05, 0.1) is 0 Å². The number of aryl methyl sites for hydroxylation is 1. The van der Waals surface area contributed by atoms with E-state index in [1.807, 2.05) is 13.0 Å². The predicted molar refractivity (Wildman–Crippen MR) is 85.0 cm³/mol. The predicted octanol–water partition coefficient (Wildman–Crippen LogP) is 3.55. The van der Waals surface area contributed by atoms with E-state index in [-0.39, 0.29) is 29.7 Å². The first-order chi connectivity index (χ1) is 8.89. The lowest BCUT2D eigenvalue weighted by molar-refractivity contribution is 0.0860. The molecule has 0 unspecified atom stereocenters. The van der Waals surface area contributed by atoms with E-state index in [4.69, 9.17) is 0 Å². The van der Waals surface area contributed by atoms with Crippen LogP contribution >= 0.6 is 12.4 Å². The average Bonchev–Trinajstić information content (AvgIpc) is 2.34. The highest BCUT2D eigenvalue weighted by Gasteiger charge is 2.32. The van der Waals surface area contributed by atoms with Crippen molar-refractivity contribution >= 4 is 12.4 Å². The second-order valence-electron chi connectivity index (χ2n) is 6.56. The van der Waals surface area contributed by atoms with Crippen LogP contribution in [0, 0.1) is 18.2 Å². The summed E-state index contributed by atoms with van der Waals surface area (Å²) in [7, 11) is 0. The van der Waals surface area contributed by atoms with Crippen molar-refractivity contribution in [1.82, 2.24) is 10.2 Å². The van der Waals surface area contributed by atoms with Crippen molar-refractivity contribution in [2.24, 2.45) is 5.41 Å². The van der Waals surface area contributed by atoms with Gasteiger partial charge in [-0.05, 0) is 29.5 Å². The Labute approximate surface area is 128 Å². The third-order valence-corrected chi connectivity index (χ3v) is 3.85. The van der Waals surface area contributed by atoms with Crippen LogP contribution in [0.4, 0.5) is 4.39 Å². The molecular formula is C16H26ClFN2. The Morgan fingerprint density at radius 2 is 1.80 bits per heavy atom. The first-order valence-electron chi connectivity index (χ1n) is 7.10. The largest absolute Gasteiger partial charge is 0.314 e. The van der Waals surface area contributed by atoms with E-state index >= 15 is 0 Å². The van der Waals surface area contributed by atoms with E-state index in [1.54, 1.807) is 6.07 Å². The van der Waals surface area contributed by atoms with Gasteiger partial charge in [0, 0.05) is 32.2 Å². The zero-order valence-electron chi connectivity index (χ0n) is 12.9. The van der Waals surface area contributed by atoms with Crippen LogP contribution in [-0.4, -0.2) is 31.1 Å². The number of halogens is 2. The maximum atomic E-state index is 13.9. The van der Waals surface area contributed by atoms with Gasteiger partial charge in [0.2, 0.25) is 0 Å². The lowest BCUT2D eigenvalue weighted by Crippen LogP contribution is -2.48. The lowest BCUT2D eigenvalue weighted by Gasteiger charge is -2.42. The molecule has 1 heterocycles. The molecule has 1 aromatic rings. The second-order valence-corrected chi connectivity index (χ2v) is 6.56. The Balaban J connectivity index is 0.00000200. The van der Waals surface area contributed by atoms with Crippen LogP contribution in [0.5, 0.6) is 0 Å². The van der Waals surface area contributed by atoms with Crippen LogP contribution in [0.15, 0.2) is 18.2 Å². The quantitative estimate of drug-likeness (QED) is 0.898. The molecule has 0 bridgehead atoms. The monoisotopic (exact) mass is 300 g/mol. The molecule has 1 aliphatic rings. The van der Waals surface area contributed by atoms with Crippen molar-refractivity contribution < 1.29 is 4.39 Å². The Bertz CT molecular complexity index is 437. The van der Waals surface area contributed by atoms with Crippen molar-refractivity contribution in [3.8, 4) is 0 Å². The second kappa shape index (κ2) is 6.88. The number of benzene rings is 1. The van der Waals surface area contributed by atoms with Gasteiger partial charge in [-0.3, -0.25) is 4.90 Å². The maximum absolute atomic E-state index is 13.9. The molecule has 1 N–H and O–H groups in total. The molecule has 114 valence electrons. The van der Waals surface area contributed by atoms with Gasteiger partial charge >= 0.3 is 0 Å². The molecule has 0 aliphatic carbocycles. The summed E-state index contributed by atoms with van der Waals surface area (Å²) in [5, 5.41) is 3.38. The van der Waals surface area contributed by atoms with E-state index in [2.05, 4.69) is 37.1 Å². The molecule has 0 saturated carbocycles. The number of hydrogen-bond donors (Lipinski definition) is 1. The summed E-state index contributed by atoms with van der Waals surface area (Å²) in [5.41, 5.74) is 1.91. The summed E-state index contributed by atoms with van der Waals surface area (Å²) in [6, 6.07) is 5.96. The minimum atomic E-state index is -0.0955. The maximum Gasteiger partial charge on any atom is 0.126 e. The van der Waals surface area contributed by atoms with Crippen LogP contribution < -0.4 is 5.32 Å². The summed E-state index contributed by atoms with van der Waals surface area (Å²) in [5.74, 6) is -0.0955. The summed E-state index contributed by atoms with van der Waals surface area (Å²) in [6.45, 7) is 12.6. The van der Waals surface area contributed by atoms with Gasteiger partial charge in [-0.2, -0.15) is 0 Å². The van der Waals surface area contributed by atoms with Crippen molar-refractivity contribution in [2.45, 2.75) is 33.7 Å². The van der Waals surface area contributed by atoms with Crippen molar-refractivity contribution in [2.75, 3.05) is 26.2 Å². The molecule has 1 saturated heterocycles. The van der Waals surface area contributed by atoms with E-state index in [9.17, 15) is 4.39 Å². The summed E-state index contributed by atoms with van der Waals surface area (Å²) in [4.78, 5) is 2.47. The van der Waals surface area contributed by atoms with Gasteiger partial charge in [0.15, 0.2) is 0 Å². The molecule has 1 fully saturated rings. The highest BCUT2D eigenvalue weighted by Crippen LogP contribution is 2.38. The number of piperazine rings is 1. The number of hydrogen-bond acceptors (Lipinski definition) is 2. The van der Waals surface area contributed by atoms with Crippen molar-refractivity contribution in [3.05, 3.63) is 35.1 Å². The standard InChI is InChI=1S/C16H25FN2.ClH/c1-12-5-6-13(11-14(12)17)15(16(2,3)4)19-9-7-18-8-10-19;/h5-6,11,15,18H,7-10H2,1-4H3;1H/t15-;/m0./s1. The van der Waals surface area contributed by atoms with E-state index in [0.717, 1.165) is 37.3 Å². The van der Waals surface area contributed by atoms with E-state index in [0.29, 0.717) is 0 Å². The summed E-state index contributed by atoms with van der Waals surface area (Å²) in [6.07, 6.45) is 0. The summed E-state index contributed by atoms with van der Waals surface area (Å²) >= 11 is 0. The first kappa shape index (κ1) is 17.4. The minimum absolute atomic E-state index is 0. The number of nitrogens with one attached hydrogen (secondary N) is 1. The van der Waals surface area contributed by atoms with Crippen LogP contribution in [0.1, 0.15) is 37.9 Å². The highest BCUT2D eigenvalue weighted by atomic mass is 35.5. The van der Waals surface area contributed by atoms with Gasteiger partial charge in [-0.25, -0.2) is 4.39 Å². The minimum Gasteiger partial charge on any atom is -0.314 e.